The summed E-state index contributed by atoms with van der Waals surface area (Å²) in [5.74, 6) is -0.836. The number of aliphatic hydroxyl groups is 1. The Kier molecular flexibility index (Phi) is 6.24. The molecule has 0 aliphatic carbocycles. The molecule has 0 radical (unpaired) electrons. The van der Waals surface area contributed by atoms with Gasteiger partial charge in [-0.05, 0) is 23.6 Å². The molecule has 5 heteroatoms. The molecule has 1 saturated heterocycles. The summed E-state index contributed by atoms with van der Waals surface area (Å²) in [4.78, 5) is 27.1. The smallest absolute Gasteiger partial charge is 0.311 e. The maximum absolute atomic E-state index is 12.8. The summed E-state index contributed by atoms with van der Waals surface area (Å²) in [5.41, 5.74) is 2.77. The van der Waals surface area contributed by atoms with Crippen LogP contribution in [0.1, 0.15) is 36.0 Å². The first kappa shape index (κ1) is 19.1. The standard InChI is InChI=1S/C22H25NO4/c1-2-27-22(26)20-14-23(13-16-6-4-3-5-7-16)21(25)12-19(20)18-10-8-17(15-24)9-11-18/h3-11,19-20,24H,2,12-15H2,1H3/t19?,20-/m0/s1. The normalized spacial score (nSPS) is 19.8. The van der Waals surface area contributed by atoms with Crippen LogP contribution in [-0.4, -0.2) is 35.0 Å². The van der Waals surface area contributed by atoms with E-state index in [0.717, 1.165) is 16.7 Å². The van der Waals surface area contributed by atoms with Gasteiger partial charge in [-0.3, -0.25) is 9.59 Å². The summed E-state index contributed by atoms with van der Waals surface area (Å²) in [6, 6.07) is 17.2. The van der Waals surface area contributed by atoms with E-state index in [1.165, 1.54) is 0 Å². The van der Waals surface area contributed by atoms with Crippen molar-refractivity contribution in [3.63, 3.8) is 0 Å². The van der Waals surface area contributed by atoms with Gasteiger partial charge in [-0.1, -0.05) is 54.6 Å². The fourth-order valence-corrected chi connectivity index (χ4v) is 3.59. The van der Waals surface area contributed by atoms with Gasteiger partial charge in [0.25, 0.3) is 0 Å². The summed E-state index contributed by atoms with van der Waals surface area (Å²) in [5, 5.41) is 9.23. The lowest BCUT2D eigenvalue weighted by Crippen LogP contribution is -2.46. The maximum atomic E-state index is 12.8. The number of carbonyl (C=O) groups is 2. The largest absolute Gasteiger partial charge is 0.466 e. The van der Waals surface area contributed by atoms with E-state index in [1.54, 1.807) is 11.8 Å². The molecule has 142 valence electrons. The first-order chi connectivity index (χ1) is 13.1. The van der Waals surface area contributed by atoms with Gasteiger partial charge in [0.05, 0.1) is 19.1 Å². The molecule has 1 N–H and O–H groups in total. The number of likely N-dealkylation sites (tertiary alicyclic amines) is 1. The zero-order valence-corrected chi connectivity index (χ0v) is 15.5. The van der Waals surface area contributed by atoms with Crippen LogP contribution in [0.2, 0.25) is 0 Å². The van der Waals surface area contributed by atoms with Gasteiger partial charge in [-0.2, -0.15) is 0 Å². The Balaban J connectivity index is 1.83. The van der Waals surface area contributed by atoms with Gasteiger partial charge in [-0.25, -0.2) is 0 Å². The van der Waals surface area contributed by atoms with Crippen LogP contribution in [0.15, 0.2) is 54.6 Å². The molecule has 1 aliphatic rings. The van der Waals surface area contributed by atoms with Crippen LogP contribution in [0.25, 0.3) is 0 Å². The third-order valence-corrected chi connectivity index (χ3v) is 5.05. The van der Waals surface area contributed by atoms with Crippen molar-refractivity contribution in [2.45, 2.75) is 32.4 Å². The van der Waals surface area contributed by atoms with Gasteiger partial charge in [-0.15, -0.1) is 0 Å². The Hall–Kier alpha value is -2.66. The summed E-state index contributed by atoms with van der Waals surface area (Å²) in [6.07, 6.45) is 0.273. The number of esters is 1. The molecular formula is C22H25NO4. The molecule has 1 amide bonds. The maximum Gasteiger partial charge on any atom is 0.311 e. The zero-order chi connectivity index (χ0) is 19.2. The van der Waals surface area contributed by atoms with E-state index in [4.69, 9.17) is 4.74 Å². The highest BCUT2D eigenvalue weighted by atomic mass is 16.5. The zero-order valence-electron chi connectivity index (χ0n) is 15.5. The topological polar surface area (TPSA) is 66.8 Å². The van der Waals surface area contributed by atoms with Crippen molar-refractivity contribution in [2.24, 2.45) is 5.92 Å². The Bertz CT molecular complexity index is 773. The van der Waals surface area contributed by atoms with Crippen LogP contribution in [0.3, 0.4) is 0 Å². The van der Waals surface area contributed by atoms with E-state index in [0.29, 0.717) is 19.7 Å². The lowest BCUT2D eigenvalue weighted by atomic mass is 9.79. The van der Waals surface area contributed by atoms with Crippen LogP contribution in [-0.2, 0) is 27.5 Å². The summed E-state index contributed by atoms with van der Waals surface area (Å²) in [7, 11) is 0. The monoisotopic (exact) mass is 367 g/mol. The highest BCUT2D eigenvalue weighted by molar-refractivity contribution is 5.83. The van der Waals surface area contributed by atoms with Gasteiger partial charge < -0.3 is 14.7 Å². The van der Waals surface area contributed by atoms with Gasteiger partial charge in [0.1, 0.15) is 0 Å². The molecule has 2 aromatic rings. The van der Waals surface area contributed by atoms with Crippen LogP contribution < -0.4 is 0 Å². The third kappa shape index (κ3) is 4.55. The number of ether oxygens (including phenoxy) is 1. The predicted octanol–water partition coefficient (Wildman–Crippen LogP) is 2.87. The van der Waals surface area contributed by atoms with E-state index in [-0.39, 0.29) is 30.8 Å². The number of hydrogen-bond acceptors (Lipinski definition) is 4. The first-order valence-electron chi connectivity index (χ1n) is 9.30. The Morgan fingerprint density at radius 2 is 1.81 bits per heavy atom. The average Bonchev–Trinajstić information content (AvgIpc) is 2.70. The molecule has 0 saturated carbocycles. The fraction of sp³-hybridized carbons (Fsp3) is 0.364. The summed E-state index contributed by atoms with van der Waals surface area (Å²) in [6.45, 7) is 2.91. The van der Waals surface area contributed by atoms with Crippen molar-refractivity contribution in [1.29, 1.82) is 0 Å². The number of amides is 1. The lowest BCUT2D eigenvalue weighted by molar-refractivity contribution is -0.154. The van der Waals surface area contributed by atoms with Crippen molar-refractivity contribution in [2.75, 3.05) is 13.2 Å². The molecular weight excluding hydrogens is 342 g/mol. The van der Waals surface area contributed by atoms with Crippen molar-refractivity contribution >= 4 is 11.9 Å². The minimum Gasteiger partial charge on any atom is -0.466 e. The average molecular weight is 367 g/mol. The van der Waals surface area contributed by atoms with Crippen molar-refractivity contribution in [3.05, 3.63) is 71.3 Å². The molecule has 2 atom stereocenters. The number of aliphatic hydroxyl groups excluding tert-OH is 1. The molecule has 1 aliphatic heterocycles. The van der Waals surface area contributed by atoms with Crippen LogP contribution in [0.4, 0.5) is 0 Å². The number of carbonyl (C=O) groups excluding carboxylic acids is 2. The second-order valence-electron chi connectivity index (χ2n) is 6.83. The Morgan fingerprint density at radius 3 is 2.44 bits per heavy atom. The van der Waals surface area contributed by atoms with Crippen molar-refractivity contribution in [1.82, 2.24) is 4.90 Å². The molecule has 5 nitrogen and oxygen atoms in total. The Morgan fingerprint density at radius 1 is 1.11 bits per heavy atom. The highest BCUT2D eigenvalue weighted by Gasteiger charge is 2.39. The second-order valence-corrected chi connectivity index (χ2v) is 6.83. The van der Waals surface area contributed by atoms with Crippen LogP contribution in [0, 0.1) is 5.92 Å². The van der Waals surface area contributed by atoms with Gasteiger partial charge >= 0.3 is 5.97 Å². The van der Waals surface area contributed by atoms with Crippen molar-refractivity contribution < 1.29 is 19.4 Å². The first-order valence-corrected chi connectivity index (χ1v) is 9.30. The molecule has 3 rings (SSSR count). The second kappa shape index (κ2) is 8.82. The molecule has 0 aromatic heterocycles. The predicted molar refractivity (Wildman–Crippen MR) is 102 cm³/mol. The SMILES string of the molecule is CCOC(=O)[C@H]1CN(Cc2ccccc2)C(=O)CC1c1ccc(CO)cc1. The van der Waals surface area contributed by atoms with Crippen molar-refractivity contribution in [3.8, 4) is 0 Å². The molecule has 1 heterocycles. The molecule has 0 spiro atoms. The number of rotatable bonds is 6. The fourth-order valence-electron chi connectivity index (χ4n) is 3.59. The van der Waals surface area contributed by atoms with Crippen LogP contribution in [0.5, 0.6) is 0 Å². The number of piperidine rings is 1. The van der Waals surface area contributed by atoms with Gasteiger partial charge in [0.2, 0.25) is 5.91 Å². The quantitative estimate of drug-likeness (QED) is 0.798. The lowest BCUT2D eigenvalue weighted by Gasteiger charge is -2.37. The van der Waals surface area contributed by atoms with Gasteiger partial charge in [0.15, 0.2) is 0 Å². The third-order valence-electron chi connectivity index (χ3n) is 5.05. The summed E-state index contributed by atoms with van der Waals surface area (Å²) >= 11 is 0. The summed E-state index contributed by atoms with van der Waals surface area (Å²) < 4.78 is 5.29. The van der Waals surface area contributed by atoms with E-state index in [1.807, 2.05) is 54.6 Å². The minimum absolute atomic E-state index is 0.0317. The van der Waals surface area contributed by atoms with E-state index < -0.39 is 5.92 Å². The number of benzene rings is 2. The van der Waals surface area contributed by atoms with E-state index >= 15 is 0 Å². The molecule has 1 unspecified atom stereocenters. The minimum atomic E-state index is -0.397. The van der Waals surface area contributed by atoms with Crippen LogP contribution >= 0.6 is 0 Å². The van der Waals surface area contributed by atoms with E-state index in [9.17, 15) is 14.7 Å². The Labute approximate surface area is 159 Å². The molecule has 2 aromatic carbocycles. The van der Waals surface area contributed by atoms with Gasteiger partial charge in [0, 0.05) is 25.4 Å². The number of nitrogens with zero attached hydrogens (tertiary/aromatic N) is 1. The molecule has 0 bridgehead atoms. The van der Waals surface area contributed by atoms with E-state index in [2.05, 4.69) is 0 Å². The molecule has 1 fully saturated rings. The molecule has 27 heavy (non-hydrogen) atoms. The highest BCUT2D eigenvalue weighted by Crippen LogP contribution is 2.35. The number of hydrogen-bond donors (Lipinski definition) is 1.